The monoisotopic (exact) mass is 158 g/mol. The van der Waals surface area contributed by atoms with Gasteiger partial charge in [0.15, 0.2) is 0 Å². The van der Waals surface area contributed by atoms with Gasteiger partial charge in [-0.2, -0.15) is 0 Å². The Bertz CT molecular complexity index is 127. The van der Waals surface area contributed by atoms with Crippen molar-refractivity contribution in [2.75, 3.05) is 0 Å². The standard InChI is InChI=1S/C10H19F/c1-8(2)9-5-4-6-10(3,11)7-9/h8-9H,4-7H2,1-3H3. The molecule has 2 atom stereocenters. The van der Waals surface area contributed by atoms with Gasteiger partial charge in [-0.15, -0.1) is 0 Å². The van der Waals surface area contributed by atoms with Gasteiger partial charge < -0.3 is 0 Å². The number of rotatable bonds is 1. The van der Waals surface area contributed by atoms with Gasteiger partial charge in [-0.05, 0) is 44.4 Å². The third-order valence-electron chi connectivity index (χ3n) is 2.90. The van der Waals surface area contributed by atoms with Gasteiger partial charge in [-0.3, -0.25) is 0 Å². The summed E-state index contributed by atoms with van der Waals surface area (Å²) in [5, 5.41) is 0. The Kier molecular flexibility index (Phi) is 2.56. The van der Waals surface area contributed by atoms with Crippen LogP contribution in [0.25, 0.3) is 0 Å². The molecule has 0 aromatic rings. The molecule has 0 radical (unpaired) electrons. The first-order valence-corrected chi connectivity index (χ1v) is 4.70. The van der Waals surface area contributed by atoms with Crippen LogP contribution in [0.3, 0.4) is 0 Å². The van der Waals surface area contributed by atoms with Gasteiger partial charge in [0, 0.05) is 0 Å². The maximum absolute atomic E-state index is 13.5. The summed E-state index contributed by atoms with van der Waals surface area (Å²) in [7, 11) is 0. The Morgan fingerprint density at radius 3 is 2.45 bits per heavy atom. The highest BCUT2D eigenvalue weighted by molar-refractivity contribution is 4.83. The molecule has 0 bridgehead atoms. The SMILES string of the molecule is CC(C)C1CCCC(C)(F)C1. The van der Waals surface area contributed by atoms with Gasteiger partial charge in [-0.25, -0.2) is 4.39 Å². The van der Waals surface area contributed by atoms with Crippen molar-refractivity contribution < 1.29 is 4.39 Å². The maximum Gasteiger partial charge on any atom is 0.108 e. The molecule has 0 nitrogen and oxygen atoms in total. The van der Waals surface area contributed by atoms with Crippen LogP contribution >= 0.6 is 0 Å². The molecule has 1 aliphatic carbocycles. The quantitative estimate of drug-likeness (QED) is 0.547. The van der Waals surface area contributed by atoms with Crippen LogP contribution in [-0.2, 0) is 0 Å². The summed E-state index contributed by atoms with van der Waals surface area (Å²) < 4.78 is 13.5. The van der Waals surface area contributed by atoms with Gasteiger partial charge in [0.2, 0.25) is 0 Å². The molecule has 1 heteroatoms. The fraction of sp³-hybridized carbons (Fsp3) is 1.00. The van der Waals surface area contributed by atoms with E-state index in [1.165, 1.54) is 6.42 Å². The molecule has 11 heavy (non-hydrogen) atoms. The first kappa shape index (κ1) is 9.02. The fourth-order valence-electron chi connectivity index (χ4n) is 2.05. The van der Waals surface area contributed by atoms with Crippen LogP contribution in [0.4, 0.5) is 4.39 Å². The third-order valence-corrected chi connectivity index (χ3v) is 2.90. The molecule has 66 valence electrons. The number of hydrogen-bond acceptors (Lipinski definition) is 0. The first-order valence-electron chi connectivity index (χ1n) is 4.70. The molecule has 0 amide bonds. The summed E-state index contributed by atoms with van der Waals surface area (Å²) >= 11 is 0. The van der Waals surface area contributed by atoms with Crippen LogP contribution in [-0.4, -0.2) is 5.67 Å². The second-order valence-electron chi connectivity index (χ2n) is 4.51. The molecular weight excluding hydrogens is 139 g/mol. The highest BCUT2D eigenvalue weighted by Crippen LogP contribution is 2.38. The van der Waals surface area contributed by atoms with E-state index in [2.05, 4.69) is 13.8 Å². The van der Waals surface area contributed by atoms with Gasteiger partial charge in [0.25, 0.3) is 0 Å². The van der Waals surface area contributed by atoms with Crippen molar-refractivity contribution in [3.05, 3.63) is 0 Å². The molecule has 1 aliphatic rings. The average molecular weight is 158 g/mol. The Balaban J connectivity index is 2.46. The van der Waals surface area contributed by atoms with E-state index < -0.39 is 5.67 Å². The van der Waals surface area contributed by atoms with Gasteiger partial charge in [-0.1, -0.05) is 13.8 Å². The first-order chi connectivity index (χ1) is 5.01. The van der Waals surface area contributed by atoms with Crippen LogP contribution in [0.5, 0.6) is 0 Å². The zero-order valence-corrected chi connectivity index (χ0v) is 7.86. The zero-order chi connectivity index (χ0) is 8.48. The summed E-state index contributed by atoms with van der Waals surface area (Å²) in [6, 6.07) is 0. The summed E-state index contributed by atoms with van der Waals surface area (Å²) in [6.45, 7) is 6.15. The van der Waals surface area contributed by atoms with Crippen molar-refractivity contribution in [1.29, 1.82) is 0 Å². The second kappa shape index (κ2) is 3.12. The second-order valence-corrected chi connectivity index (χ2v) is 4.51. The Morgan fingerprint density at radius 2 is 2.09 bits per heavy atom. The lowest BCUT2D eigenvalue weighted by Gasteiger charge is -2.34. The molecule has 1 rings (SSSR count). The fourth-order valence-corrected chi connectivity index (χ4v) is 2.05. The van der Waals surface area contributed by atoms with Crippen molar-refractivity contribution in [1.82, 2.24) is 0 Å². The van der Waals surface area contributed by atoms with E-state index in [-0.39, 0.29) is 0 Å². The van der Waals surface area contributed by atoms with E-state index >= 15 is 0 Å². The lowest BCUT2D eigenvalue weighted by molar-refractivity contribution is 0.0769. The minimum Gasteiger partial charge on any atom is -0.244 e. The topological polar surface area (TPSA) is 0 Å². The van der Waals surface area contributed by atoms with Gasteiger partial charge in [0.05, 0.1) is 0 Å². The largest absolute Gasteiger partial charge is 0.244 e. The Labute approximate surface area is 69.2 Å². The van der Waals surface area contributed by atoms with E-state index in [1.54, 1.807) is 6.92 Å². The molecule has 2 unspecified atom stereocenters. The lowest BCUT2D eigenvalue weighted by atomic mass is 9.75. The number of alkyl halides is 1. The summed E-state index contributed by atoms with van der Waals surface area (Å²) in [5.41, 5.74) is -0.868. The lowest BCUT2D eigenvalue weighted by Crippen LogP contribution is -2.29. The number of halogens is 1. The molecule has 1 fully saturated rings. The molecule has 0 N–H and O–H groups in total. The summed E-state index contributed by atoms with van der Waals surface area (Å²) in [4.78, 5) is 0. The highest BCUT2D eigenvalue weighted by atomic mass is 19.1. The van der Waals surface area contributed by atoms with Crippen molar-refractivity contribution in [2.45, 2.75) is 52.1 Å². The zero-order valence-electron chi connectivity index (χ0n) is 7.86. The molecule has 0 saturated heterocycles. The molecular formula is C10H19F. The molecule has 1 saturated carbocycles. The van der Waals surface area contributed by atoms with E-state index in [1.807, 2.05) is 0 Å². The molecule has 0 heterocycles. The Hall–Kier alpha value is -0.0700. The van der Waals surface area contributed by atoms with Gasteiger partial charge in [0.1, 0.15) is 5.67 Å². The Morgan fingerprint density at radius 1 is 1.45 bits per heavy atom. The minimum atomic E-state index is -0.868. The highest BCUT2D eigenvalue weighted by Gasteiger charge is 2.32. The number of hydrogen-bond donors (Lipinski definition) is 0. The van der Waals surface area contributed by atoms with Crippen molar-refractivity contribution >= 4 is 0 Å². The van der Waals surface area contributed by atoms with Crippen molar-refractivity contribution in [3.63, 3.8) is 0 Å². The van der Waals surface area contributed by atoms with E-state index in [0.717, 1.165) is 19.3 Å². The van der Waals surface area contributed by atoms with Crippen molar-refractivity contribution in [2.24, 2.45) is 11.8 Å². The predicted octanol–water partition coefficient (Wildman–Crippen LogP) is 3.56. The van der Waals surface area contributed by atoms with Crippen LogP contribution in [0.15, 0.2) is 0 Å². The van der Waals surface area contributed by atoms with E-state index in [0.29, 0.717) is 11.8 Å². The maximum atomic E-state index is 13.5. The molecule has 0 spiro atoms. The van der Waals surface area contributed by atoms with Crippen LogP contribution < -0.4 is 0 Å². The molecule has 0 aromatic heterocycles. The summed E-state index contributed by atoms with van der Waals surface area (Å²) in [5.74, 6) is 1.28. The predicted molar refractivity (Wildman–Crippen MR) is 46.3 cm³/mol. The minimum absolute atomic E-state index is 0.624. The van der Waals surface area contributed by atoms with Crippen LogP contribution in [0, 0.1) is 11.8 Å². The summed E-state index contributed by atoms with van der Waals surface area (Å²) in [6.07, 6.45) is 3.87. The van der Waals surface area contributed by atoms with Crippen LogP contribution in [0.2, 0.25) is 0 Å². The smallest absolute Gasteiger partial charge is 0.108 e. The molecule has 0 aromatic carbocycles. The average Bonchev–Trinajstić information content (AvgIpc) is 1.85. The van der Waals surface area contributed by atoms with E-state index in [4.69, 9.17) is 0 Å². The van der Waals surface area contributed by atoms with Crippen molar-refractivity contribution in [3.8, 4) is 0 Å². The third kappa shape index (κ3) is 2.46. The molecule has 0 aliphatic heterocycles. The van der Waals surface area contributed by atoms with Crippen LogP contribution in [0.1, 0.15) is 46.5 Å². The van der Waals surface area contributed by atoms with Gasteiger partial charge >= 0.3 is 0 Å². The normalized spacial score (nSPS) is 39.5. The van der Waals surface area contributed by atoms with E-state index in [9.17, 15) is 4.39 Å².